The first-order chi connectivity index (χ1) is 36.1. The van der Waals surface area contributed by atoms with Crippen molar-refractivity contribution in [1.82, 2.24) is 0 Å². The van der Waals surface area contributed by atoms with Crippen LogP contribution in [-0.4, -0.2) is 12.3 Å². The molecule has 4 heterocycles. The molecule has 0 N–H and O–H groups in total. The lowest BCUT2D eigenvalue weighted by atomic mass is 9.33. The number of rotatable bonds is 3. The van der Waals surface area contributed by atoms with Gasteiger partial charge in [0, 0.05) is 50.5 Å². The first kappa shape index (κ1) is 47.9. The molecule has 2 aliphatic carbocycles. The van der Waals surface area contributed by atoms with Gasteiger partial charge in [0.25, 0.3) is 6.71 Å². The number of hydrogen-bond acceptors (Lipinski definition) is 3. The molecule has 4 unspecified atom stereocenters. The number of nitrogens with zero attached hydrogens (tertiary/aromatic N) is 3. The van der Waals surface area contributed by atoms with Crippen molar-refractivity contribution in [2.24, 2.45) is 0 Å². The van der Waals surface area contributed by atoms with Crippen LogP contribution in [0.25, 0.3) is 21.9 Å². The van der Waals surface area contributed by atoms with Gasteiger partial charge in [-0.05, 0) is 170 Å². The second-order valence-corrected chi connectivity index (χ2v) is 28.0. The minimum absolute atomic E-state index is 0.00172. The van der Waals surface area contributed by atoms with Crippen LogP contribution in [0.4, 0.5) is 39.8 Å². The maximum Gasteiger partial charge on any atom is 0.252 e. The highest BCUT2D eigenvalue weighted by Crippen LogP contribution is 2.67. The summed E-state index contributed by atoms with van der Waals surface area (Å²) in [6, 6.07) is 60.7. The molecule has 382 valence electrons. The average molecular weight is 994 g/mol. The molecule has 1 saturated carbocycles. The topological polar surface area (TPSA) is 9.72 Å². The van der Waals surface area contributed by atoms with E-state index in [-0.39, 0.29) is 44.9 Å². The van der Waals surface area contributed by atoms with Gasteiger partial charge in [-0.3, -0.25) is 0 Å². The minimum Gasteiger partial charge on any atom is -0.334 e. The number of hydrogen-bond donors (Lipinski definition) is 0. The van der Waals surface area contributed by atoms with Crippen LogP contribution in [0, 0.1) is 0 Å². The van der Waals surface area contributed by atoms with E-state index in [9.17, 15) is 0 Å². The third-order valence-corrected chi connectivity index (χ3v) is 20.9. The van der Waals surface area contributed by atoms with E-state index in [4.69, 9.17) is 0 Å². The quantitative estimate of drug-likeness (QED) is 0.163. The van der Waals surface area contributed by atoms with E-state index in [0.29, 0.717) is 0 Å². The Morgan fingerprint density at radius 3 is 1.83 bits per heavy atom. The smallest absolute Gasteiger partial charge is 0.252 e. The summed E-state index contributed by atoms with van der Waals surface area (Å²) in [6.07, 6.45) is 6.98. The average Bonchev–Trinajstić information content (AvgIpc) is 3.96. The summed E-state index contributed by atoms with van der Waals surface area (Å²) in [4.78, 5) is 8.53. The van der Waals surface area contributed by atoms with E-state index in [1.54, 1.807) is 0 Å². The van der Waals surface area contributed by atoms with Crippen LogP contribution in [0.15, 0.2) is 152 Å². The van der Waals surface area contributed by atoms with Crippen LogP contribution in [0.2, 0.25) is 0 Å². The van der Waals surface area contributed by atoms with Crippen molar-refractivity contribution in [3.63, 3.8) is 0 Å². The van der Waals surface area contributed by atoms with Crippen molar-refractivity contribution in [3.8, 4) is 11.1 Å². The maximum atomic E-state index is 2.94. The number of para-hydroxylation sites is 1. The van der Waals surface area contributed by atoms with E-state index < -0.39 is 0 Å². The van der Waals surface area contributed by atoms with Gasteiger partial charge in [-0.1, -0.05) is 198 Å². The first-order valence-corrected chi connectivity index (χ1v) is 28.8. The fourth-order valence-corrected chi connectivity index (χ4v) is 16.1. The molecule has 14 rings (SSSR count). The molecule has 4 heteroatoms. The zero-order valence-corrected chi connectivity index (χ0v) is 47.6. The Balaban J connectivity index is 1.16. The lowest BCUT2D eigenvalue weighted by Crippen LogP contribution is -2.64. The molecule has 6 aliphatic rings. The van der Waals surface area contributed by atoms with Crippen molar-refractivity contribution in [2.75, 3.05) is 14.7 Å². The van der Waals surface area contributed by atoms with Gasteiger partial charge in [-0.25, -0.2) is 0 Å². The summed E-state index contributed by atoms with van der Waals surface area (Å²) in [7, 11) is 0. The molecule has 0 bridgehead atoms. The number of benzene rings is 8. The van der Waals surface area contributed by atoms with Crippen LogP contribution in [-0.2, 0) is 39.0 Å². The van der Waals surface area contributed by atoms with E-state index in [1.165, 1.54) is 136 Å². The number of fused-ring (bicyclic) bond motifs is 13. The molecule has 3 nitrogen and oxygen atoms in total. The molecule has 0 amide bonds. The van der Waals surface area contributed by atoms with Crippen molar-refractivity contribution in [3.05, 3.63) is 191 Å². The van der Waals surface area contributed by atoms with Crippen LogP contribution >= 0.6 is 0 Å². The van der Waals surface area contributed by atoms with Crippen LogP contribution in [0.1, 0.15) is 161 Å². The standard InChI is InChI=1S/C72H76BN3/c1-66(2,3)49-30-32-59(53(39-49)48-29-28-45-22-14-15-24-47(45)38-48)74-61-33-31-50(67(4,5)6)41-57(61)73-58-42-51(68(7,8)9)40-56-65(58)76(72(13)54-25-17-16-23-46(54)34-37-70(56,72)11)63-44-52(43-62(74)64(63)73)75-60-27-19-18-26-55(60)69(10)35-20-21-36-71(69,75)12/h14-19,22-33,38-44H,20-21,34-37H2,1-13H3. The molecular formula is C72H76BN3. The van der Waals surface area contributed by atoms with Crippen molar-refractivity contribution >= 4 is 73.7 Å². The molecule has 8 aromatic rings. The monoisotopic (exact) mass is 994 g/mol. The molecule has 0 radical (unpaired) electrons. The first-order valence-electron chi connectivity index (χ1n) is 28.8. The van der Waals surface area contributed by atoms with Gasteiger partial charge in [0.1, 0.15) is 0 Å². The highest BCUT2D eigenvalue weighted by molar-refractivity contribution is 7.00. The Bertz CT molecular complexity index is 3790. The Labute approximate surface area is 454 Å². The van der Waals surface area contributed by atoms with Crippen LogP contribution in [0.5, 0.6) is 0 Å². The van der Waals surface area contributed by atoms with Gasteiger partial charge in [0.15, 0.2) is 0 Å². The summed E-state index contributed by atoms with van der Waals surface area (Å²) in [5.74, 6) is 0. The predicted molar refractivity (Wildman–Crippen MR) is 326 cm³/mol. The number of anilines is 7. The fourth-order valence-electron chi connectivity index (χ4n) is 16.1. The molecule has 8 aromatic carbocycles. The van der Waals surface area contributed by atoms with Crippen LogP contribution in [0.3, 0.4) is 0 Å². The Kier molecular flexibility index (Phi) is 9.82. The van der Waals surface area contributed by atoms with Crippen LogP contribution < -0.4 is 31.1 Å². The second-order valence-electron chi connectivity index (χ2n) is 28.0. The molecule has 4 atom stereocenters. The molecule has 0 aromatic heterocycles. The summed E-state index contributed by atoms with van der Waals surface area (Å²) in [6.45, 7) is 32.0. The van der Waals surface area contributed by atoms with Gasteiger partial charge in [-0.15, -0.1) is 0 Å². The molecular weight excluding hydrogens is 918 g/mol. The van der Waals surface area contributed by atoms with Crippen molar-refractivity contribution in [2.45, 2.75) is 167 Å². The summed E-state index contributed by atoms with van der Waals surface area (Å²) >= 11 is 0. The normalized spacial score (nSPS) is 23.9. The SMILES string of the molecule is CC(C)(C)c1ccc2c(c1)B1c3cc(C(C)(C)C)cc4c3N(c3cc(N5c6ccccc6C6(C)CCCCC56C)cc(c31)N2c1ccc(C(C)(C)C)cc1-c1ccc2ccccc2c1)C1(C)c2ccccc2CCC41C. The summed E-state index contributed by atoms with van der Waals surface area (Å²) < 4.78 is 0. The lowest BCUT2D eigenvalue weighted by molar-refractivity contribution is 0.195. The highest BCUT2D eigenvalue weighted by atomic mass is 15.3. The van der Waals surface area contributed by atoms with Crippen molar-refractivity contribution < 1.29 is 0 Å². The van der Waals surface area contributed by atoms with E-state index in [1.807, 2.05) is 0 Å². The van der Waals surface area contributed by atoms with Gasteiger partial charge in [0.2, 0.25) is 0 Å². The molecule has 76 heavy (non-hydrogen) atoms. The molecule has 1 fully saturated rings. The van der Waals surface area contributed by atoms with Gasteiger partial charge in [-0.2, -0.15) is 0 Å². The zero-order chi connectivity index (χ0) is 52.9. The predicted octanol–water partition coefficient (Wildman–Crippen LogP) is 17.0. The maximum absolute atomic E-state index is 2.94. The van der Waals surface area contributed by atoms with Gasteiger partial charge in [0.05, 0.1) is 16.8 Å². The molecule has 0 saturated heterocycles. The Hall–Kier alpha value is -6.52. The minimum atomic E-state index is -0.373. The van der Waals surface area contributed by atoms with Crippen molar-refractivity contribution in [1.29, 1.82) is 0 Å². The molecule has 4 aliphatic heterocycles. The Morgan fingerprint density at radius 1 is 0.447 bits per heavy atom. The second kappa shape index (κ2) is 15.6. The fraction of sp³-hybridized carbons (Fsp3) is 0.361. The van der Waals surface area contributed by atoms with E-state index >= 15 is 0 Å². The van der Waals surface area contributed by atoms with E-state index in [2.05, 4.69) is 256 Å². The Morgan fingerprint density at radius 2 is 1.08 bits per heavy atom. The lowest BCUT2D eigenvalue weighted by Gasteiger charge is -2.54. The van der Waals surface area contributed by atoms with Gasteiger partial charge >= 0.3 is 0 Å². The largest absolute Gasteiger partial charge is 0.334 e. The third-order valence-electron chi connectivity index (χ3n) is 20.9. The molecule has 0 spiro atoms. The van der Waals surface area contributed by atoms with Gasteiger partial charge < -0.3 is 14.7 Å². The number of aryl methyl sites for hydroxylation is 1. The third kappa shape index (κ3) is 6.25. The van der Waals surface area contributed by atoms with E-state index in [0.717, 1.165) is 19.3 Å². The summed E-state index contributed by atoms with van der Waals surface area (Å²) in [5.41, 5.74) is 25.3. The zero-order valence-electron chi connectivity index (χ0n) is 47.6. The summed E-state index contributed by atoms with van der Waals surface area (Å²) in [5, 5.41) is 2.52. The highest BCUT2D eigenvalue weighted by Gasteiger charge is 2.64.